The number of hydrogen-bond donors (Lipinski definition) is 0. The van der Waals surface area contributed by atoms with Crippen LogP contribution in [0, 0.1) is 5.92 Å². The average Bonchev–Trinajstić information content (AvgIpc) is 1.94. The Hall–Kier alpha value is -0.460. The number of hydrogen-bond acceptors (Lipinski definition) is 1. The minimum atomic E-state index is 0.818. The Labute approximate surface area is 63.1 Å². The van der Waals surface area contributed by atoms with Crippen LogP contribution in [0.4, 0.5) is 0 Å². The predicted molar refractivity (Wildman–Crippen MR) is 42.7 cm³/mol. The van der Waals surface area contributed by atoms with Crippen LogP contribution in [0.2, 0.25) is 0 Å². The number of ether oxygens (including phenoxy) is 1. The second-order valence-electron chi connectivity index (χ2n) is 3.26. The van der Waals surface area contributed by atoms with Gasteiger partial charge in [-0.3, -0.25) is 0 Å². The van der Waals surface area contributed by atoms with Crippen molar-refractivity contribution in [2.75, 3.05) is 7.11 Å². The first-order valence-electron chi connectivity index (χ1n) is 3.96. The molecule has 1 atom stereocenters. The van der Waals surface area contributed by atoms with Crippen LogP contribution in [0.15, 0.2) is 11.3 Å². The van der Waals surface area contributed by atoms with Gasteiger partial charge in [-0.05, 0) is 31.3 Å². The van der Waals surface area contributed by atoms with Gasteiger partial charge in [-0.1, -0.05) is 6.92 Å². The summed E-state index contributed by atoms with van der Waals surface area (Å²) in [6.45, 7) is 4.45. The van der Waals surface area contributed by atoms with Gasteiger partial charge in [0.05, 0.1) is 12.9 Å². The molecule has 0 aliphatic heterocycles. The first kappa shape index (κ1) is 7.64. The Morgan fingerprint density at radius 2 is 2.20 bits per heavy atom. The zero-order valence-electron chi connectivity index (χ0n) is 7.11. The smallest absolute Gasteiger partial charge is 0.0947 e. The molecular formula is C9H16O. The second-order valence-corrected chi connectivity index (χ2v) is 3.26. The molecule has 0 saturated carbocycles. The summed E-state index contributed by atoms with van der Waals surface area (Å²) in [4.78, 5) is 0. The highest BCUT2D eigenvalue weighted by atomic mass is 16.5. The number of rotatable bonds is 1. The lowest BCUT2D eigenvalue weighted by Crippen LogP contribution is -2.07. The number of allylic oxidation sites excluding steroid dienone is 2. The van der Waals surface area contributed by atoms with Crippen molar-refractivity contribution in [2.24, 2.45) is 5.92 Å². The highest BCUT2D eigenvalue weighted by Gasteiger charge is 2.14. The molecule has 0 amide bonds. The maximum atomic E-state index is 5.25. The van der Waals surface area contributed by atoms with E-state index < -0.39 is 0 Å². The highest BCUT2D eigenvalue weighted by molar-refractivity contribution is 5.09. The van der Waals surface area contributed by atoms with E-state index in [2.05, 4.69) is 13.8 Å². The molecule has 0 aromatic heterocycles. The predicted octanol–water partition coefficient (Wildman–Crippen LogP) is 2.73. The van der Waals surface area contributed by atoms with Crippen LogP contribution in [0.25, 0.3) is 0 Å². The summed E-state index contributed by atoms with van der Waals surface area (Å²) in [6, 6.07) is 0. The lowest BCUT2D eigenvalue weighted by atomic mass is 9.90. The van der Waals surface area contributed by atoms with Gasteiger partial charge in [-0.2, -0.15) is 0 Å². The molecule has 1 unspecified atom stereocenters. The Morgan fingerprint density at radius 3 is 2.70 bits per heavy atom. The van der Waals surface area contributed by atoms with Gasteiger partial charge in [-0.25, -0.2) is 0 Å². The lowest BCUT2D eigenvalue weighted by Gasteiger charge is -2.21. The quantitative estimate of drug-likeness (QED) is 0.544. The number of methoxy groups -OCH3 is 1. The van der Waals surface area contributed by atoms with Crippen molar-refractivity contribution in [1.29, 1.82) is 0 Å². The van der Waals surface area contributed by atoms with Crippen molar-refractivity contribution in [3.05, 3.63) is 11.3 Å². The van der Waals surface area contributed by atoms with Crippen molar-refractivity contribution < 1.29 is 4.74 Å². The summed E-state index contributed by atoms with van der Waals surface area (Å²) < 4.78 is 5.25. The first-order chi connectivity index (χ1) is 4.74. The zero-order chi connectivity index (χ0) is 7.56. The molecule has 0 heterocycles. The highest BCUT2D eigenvalue weighted by Crippen LogP contribution is 2.28. The Balaban J connectivity index is 2.62. The first-order valence-corrected chi connectivity index (χ1v) is 3.96. The van der Waals surface area contributed by atoms with Crippen molar-refractivity contribution in [2.45, 2.75) is 33.1 Å². The fourth-order valence-electron chi connectivity index (χ4n) is 1.45. The van der Waals surface area contributed by atoms with Gasteiger partial charge in [0.25, 0.3) is 0 Å². The van der Waals surface area contributed by atoms with E-state index >= 15 is 0 Å². The van der Waals surface area contributed by atoms with Gasteiger partial charge in [0.1, 0.15) is 0 Å². The van der Waals surface area contributed by atoms with Crippen molar-refractivity contribution in [3.63, 3.8) is 0 Å². The van der Waals surface area contributed by atoms with E-state index in [9.17, 15) is 0 Å². The summed E-state index contributed by atoms with van der Waals surface area (Å²) >= 11 is 0. The molecule has 0 spiro atoms. The van der Waals surface area contributed by atoms with E-state index in [1.165, 1.54) is 24.2 Å². The summed E-state index contributed by atoms with van der Waals surface area (Å²) in [7, 11) is 1.77. The van der Waals surface area contributed by atoms with E-state index in [4.69, 9.17) is 4.74 Å². The molecule has 1 heteroatoms. The molecule has 0 bridgehead atoms. The monoisotopic (exact) mass is 140 g/mol. The molecule has 58 valence electrons. The normalized spacial score (nSPS) is 26.9. The molecule has 0 saturated heterocycles. The van der Waals surface area contributed by atoms with Crippen LogP contribution in [-0.4, -0.2) is 7.11 Å². The molecule has 0 fully saturated rings. The molecule has 0 N–H and O–H groups in total. The average molecular weight is 140 g/mol. The van der Waals surface area contributed by atoms with Crippen LogP contribution in [0.5, 0.6) is 0 Å². The molecule has 1 nitrogen and oxygen atoms in total. The third-order valence-corrected chi connectivity index (χ3v) is 2.27. The van der Waals surface area contributed by atoms with Gasteiger partial charge in [-0.15, -0.1) is 0 Å². The summed E-state index contributed by atoms with van der Waals surface area (Å²) in [6.07, 6.45) is 3.70. The molecule has 1 rings (SSSR count). The minimum Gasteiger partial charge on any atom is -0.501 e. The van der Waals surface area contributed by atoms with E-state index in [1.807, 2.05) is 0 Å². The van der Waals surface area contributed by atoms with E-state index in [1.54, 1.807) is 7.11 Å². The Morgan fingerprint density at radius 1 is 1.50 bits per heavy atom. The second kappa shape index (κ2) is 3.09. The maximum absolute atomic E-state index is 5.25. The minimum absolute atomic E-state index is 0.818. The molecule has 0 radical (unpaired) electrons. The molecule has 0 aromatic rings. The third kappa shape index (κ3) is 1.53. The van der Waals surface area contributed by atoms with Gasteiger partial charge >= 0.3 is 0 Å². The molecule has 10 heavy (non-hydrogen) atoms. The summed E-state index contributed by atoms with van der Waals surface area (Å²) in [5.74, 6) is 2.04. The largest absolute Gasteiger partial charge is 0.501 e. The third-order valence-electron chi connectivity index (χ3n) is 2.27. The van der Waals surface area contributed by atoms with E-state index in [0.29, 0.717) is 0 Å². The van der Waals surface area contributed by atoms with E-state index in [0.717, 1.165) is 12.3 Å². The van der Waals surface area contributed by atoms with Gasteiger partial charge in [0.15, 0.2) is 0 Å². The zero-order valence-corrected chi connectivity index (χ0v) is 7.11. The van der Waals surface area contributed by atoms with E-state index in [-0.39, 0.29) is 0 Å². The van der Waals surface area contributed by atoms with Crippen molar-refractivity contribution in [1.82, 2.24) is 0 Å². The van der Waals surface area contributed by atoms with Crippen LogP contribution >= 0.6 is 0 Å². The van der Waals surface area contributed by atoms with Gasteiger partial charge < -0.3 is 4.74 Å². The summed E-state index contributed by atoms with van der Waals surface area (Å²) in [5.41, 5.74) is 1.44. The fraction of sp³-hybridized carbons (Fsp3) is 0.778. The topological polar surface area (TPSA) is 9.23 Å². The van der Waals surface area contributed by atoms with Crippen molar-refractivity contribution >= 4 is 0 Å². The Kier molecular flexibility index (Phi) is 2.36. The van der Waals surface area contributed by atoms with Crippen LogP contribution in [-0.2, 0) is 4.74 Å². The van der Waals surface area contributed by atoms with Gasteiger partial charge in [0.2, 0.25) is 0 Å². The standard InChI is InChI=1S/C9H16O/c1-7-4-5-8(2)9(6-7)10-3/h7H,4-6H2,1-3H3. The SMILES string of the molecule is COC1=C(C)CCC(C)C1. The Bertz CT molecular complexity index is 147. The fourth-order valence-corrected chi connectivity index (χ4v) is 1.45. The van der Waals surface area contributed by atoms with Crippen LogP contribution in [0.3, 0.4) is 0 Å². The lowest BCUT2D eigenvalue weighted by molar-refractivity contribution is 0.242. The van der Waals surface area contributed by atoms with Crippen molar-refractivity contribution in [3.8, 4) is 0 Å². The summed E-state index contributed by atoms with van der Waals surface area (Å²) in [5, 5.41) is 0. The maximum Gasteiger partial charge on any atom is 0.0947 e. The molecule has 1 aliphatic rings. The molecular weight excluding hydrogens is 124 g/mol. The van der Waals surface area contributed by atoms with Gasteiger partial charge in [0, 0.05) is 6.42 Å². The van der Waals surface area contributed by atoms with Crippen LogP contribution < -0.4 is 0 Å². The molecule has 0 aromatic carbocycles. The molecule has 1 aliphatic carbocycles. The van der Waals surface area contributed by atoms with Crippen LogP contribution in [0.1, 0.15) is 33.1 Å².